The zero-order valence-corrected chi connectivity index (χ0v) is 17.5. The Balaban J connectivity index is 1.33. The van der Waals surface area contributed by atoms with Crippen molar-refractivity contribution in [1.82, 2.24) is 19.5 Å². The van der Waals surface area contributed by atoms with E-state index in [-0.39, 0.29) is 11.7 Å². The first-order chi connectivity index (χ1) is 14.7. The summed E-state index contributed by atoms with van der Waals surface area (Å²) in [5.41, 5.74) is 2.59. The number of rotatable bonds is 3. The Bertz CT molecular complexity index is 1040. The highest BCUT2D eigenvalue weighted by Crippen LogP contribution is 2.29. The van der Waals surface area contributed by atoms with Crippen LogP contribution in [0.5, 0.6) is 0 Å². The third-order valence-electron chi connectivity index (χ3n) is 5.98. The van der Waals surface area contributed by atoms with E-state index in [1.54, 1.807) is 18.3 Å². The fourth-order valence-electron chi connectivity index (χ4n) is 4.29. The second-order valence-electron chi connectivity index (χ2n) is 7.82. The van der Waals surface area contributed by atoms with Crippen molar-refractivity contribution in [2.45, 2.75) is 12.8 Å². The summed E-state index contributed by atoms with van der Waals surface area (Å²) < 4.78 is 15.1. The van der Waals surface area contributed by atoms with Gasteiger partial charge in [0.2, 0.25) is 5.91 Å². The molecule has 4 heterocycles. The number of hydrogen-bond acceptors (Lipinski definition) is 5. The molecule has 1 amide bonds. The van der Waals surface area contributed by atoms with Gasteiger partial charge < -0.3 is 9.80 Å². The van der Waals surface area contributed by atoms with Crippen molar-refractivity contribution < 1.29 is 9.18 Å². The predicted octanol–water partition coefficient (Wildman–Crippen LogP) is 3.33. The number of aromatic nitrogens is 3. The molecular formula is C22H24FN5OS. The Kier molecular flexibility index (Phi) is 5.33. The number of benzene rings is 1. The first-order valence-electron chi connectivity index (χ1n) is 10.4. The van der Waals surface area contributed by atoms with Crippen molar-refractivity contribution in [3.05, 3.63) is 48.5 Å². The average molecular weight is 426 g/mol. The molecule has 0 saturated carbocycles. The van der Waals surface area contributed by atoms with Crippen molar-refractivity contribution in [2.75, 3.05) is 42.6 Å². The van der Waals surface area contributed by atoms with Gasteiger partial charge in [-0.2, -0.15) is 16.9 Å². The molecule has 156 valence electrons. The Hall–Kier alpha value is -2.61. The van der Waals surface area contributed by atoms with E-state index in [9.17, 15) is 9.18 Å². The van der Waals surface area contributed by atoms with Crippen molar-refractivity contribution in [2.24, 2.45) is 5.92 Å². The molecule has 2 saturated heterocycles. The van der Waals surface area contributed by atoms with Gasteiger partial charge in [-0.25, -0.2) is 13.9 Å². The lowest BCUT2D eigenvalue weighted by Gasteiger charge is -2.36. The van der Waals surface area contributed by atoms with Gasteiger partial charge in [0.1, 0.15) is 11.3 Å². The van der Waals surface area contributed by atoms with Crippen LogP contribution in [0.3, 0.4) is 0 Å². The van der Waals surface area contributed by atoms with E-state index < -0.39 is 0 Å². The summed E-state index contributed by atoms with van der Waals surface area (Å²) >= 11 is 1.93. The van der Waals surface area contributed by atoms with E-state index in [2.05, 4.69) is 15.0 Å². The Morgan fingerprint density at radius 3 is 2.53 bits per heavy atom. The van der Waals surface area contributed by atoms with Crippen molar-refractivity contribution >= 4 is 29.0 Å². The molecule has 2 aliphatic rings. The van der Waals surface area contributed by atoms with Crippen LogP contribution in [0.15, 0.2) is 42.7 Å². The third kappa shape index (κ3) is 3.76. The summed E-state index contributed by atoms with van der Waals surface area (Å²) in [5, 5.41) is 4.64. The van der Waals surface area contributed by atoms with Crippen LogP contribution in [0.25, 0.3) is 16.8 Å². The lowest BCUT2D eigenvalue weighted by atomic mass is 9.95. The molecule has 0 bridgehead atoms. The highest BCUT2D eigenvalue weighted by atomic mass is 32.2. The first-order valence-corrected chi connectivity index (χ1v) is 11.6. The molecule has 3 aromatic rings. The Morgan fingerprint density at radius 1 is 1.07 bits per heavy atom. The molecule has 0 atom stereocenters. The number of amides is 1. The fourth-order valence-corrected chi connectivity index (χ4v) is 5.20. The van der Waals surface area contributed by atoms with E-state index in [1.807, 2.05) is 33.4 Å². The Labute approximate surface area is 179 Å². The van der Waals surface area contributed by atoms with E-state index in [4.69, 9.17) is 0 Å². The number of fused-ring (bicyclic) bond motifs is 1. The third-order valence-corrected chi connectivity index (χ3v) is 6.92. The molecule has 30 heavy (non-hydrogen) atoms. The van der Waals surface area contributed by atoms with Gasteiger partial charge in [0.05, 0.1) is 5.69 Å². The van der Waals surface area contributed by atoms with E-state index >= 15 is 0 Å². The number of halogens is 1. The number of thioether (sulfide) groups is 1. The number of hydrogen-bond donors (Lipinski definition) is 0. The van der Waals surface area contributed by atoms with Crippen LogP contribution in [-0.4, -0.2) is 63.1 Å². The molecular weight excluding hydrogens is 401 g/mol. The molecule has 0 N–H and O–H groups in total. The maximum absolute atomic E-state index is 13.3. The molecule has 2 fully saturated rings. The normalized spacial score (nSPS) is 18.2. The number of nitrogens with zero attached hydrogens (tertiary/aromatic N) is 5. The van der Waals surface area contributed by atoms with E-state index in [0.29, 0.717) is 5.91 Å². The van der Waals surface area contributed by atoms with Crippen molar-refractivity contribution in [1.29, 1.82) is 0 Å². The number of carbonyl (C=O) groups is 1. The fraction of sp³-hybridized carbons (Fsp3) is 0.409. The second kappa shape index (κ2) is 8.26. The van der Waals surface area contributed by atoms with Crippen molar-refractivity contribution in [3.8, 4) is 11.3 Å². The topological polar surface area (TPSA) is 53.7 Å². The summed E-state index contributed by atoms with van der Waals surface area (Å²) in [6.07, 6.45) is 5.29. The minimum absolute atomic E-state index is 0.115. The molecule has 5 rings (SSSR count). The number of piperidine rings is 1. The maximum Gasteiger partial charge on any atom is 0.225 e. The predicted molar refractivity (Wildman–Crippen MR) is 117 cm³/mol. The molecule has 0 aliphatic carbocycles. The van der Waals surface area contributed by atoms with Gasteiger partial charge in [0, 0.05) is 61.6 Å². The van der Waals surface area contributed by atoms with Crippen LogP contribution in [0.1, 0.15) is 12.8 Å². The summed E-state index contributed by atoms with van der Waals surface area (Å²) in [7, 11) is 0. The van der Waals surface area contributed by atoms with Gasteiger partial charge >= 0.3 is 0 Å². The monoisotopic (exact) mass is 425 g/mol. The highest BCUT2D eigenvalue weighted by molar-refractivity contribution is 7.99. The average Bonchev–Trinajstić information content (AvgIpc) is 3.24. The largest absolute Gasteiger partial charge is 0.355 e. The number of anilines is 1. The van der Waals surface area contributed by atoms with Crippen LogP contribution >= 0.6 is 11.8 Å². The van der Waals surface area contributed by atoms with Crippen LogP contribution in [0.2, 0.25) is 0 Å². The van der Waals surface area contributed by atoms with E-state index in [0.717, 1.165) is 73.1 Å². The summed E-state index contributed by atoms with van der Waals surface area (Å²) in [5.74, 6) is 3.17. The van der Waals surface area contributed by atoms with Gasteiger partial charge in [0.25, 0.3) is 0 Å². The summed E-state index contributed by atoms with van der Waals surface area (Å²) in [6, 6.07) is 8.36. The zero-order valence-electron chi connectivity index (χ0n) is 16.7. The van der Waals surface area contributed by atoms with Gasteiger partial charge in [-0.1, -0.05) is 0 Å². The van der Waals surface area contributed by atoms with Crippen LogP contribution in [-0.2, 0) is 4.79 Å². The van der Waals surface area contributed by atoms with Gasteiger partial charge in [-0.05, 0) is 43.2 Å². The highest BCUT2D eigenvalue weighted by Gasteiger charge is 2.30. The SMILES string of the molecule is O=C(C1CCN(c2nccn3nc(-c4ccc(F)cc4)cc23)CC1)N1CCSCC1. The molecule has 0 unspecified atom stereocenters. The van der Waals surface area contributed by atoms with Crippen LogP contribution in [0.4, 0.5) is 10.2 Å². The standard InChI is InChI=1S/C22H24FN5OS/c23-18-3-1-16(2-4-18)19-15-20-21(24-7-10-28(20)25-19)26-8-5-17(6-9-26)22(29)27-11-13-30-14-12-27/h1-4,7,10,15,17H,5-6,8-9,11-14H2. The summed E-state index contributed by atoms with van der Waals surface area (Å²) in [4.78, 5) is 21.7. The summed E-state index contributed by atoms with van der Waals surface area (Å²) in [6.45, 7) is 3.38. The second-order valence-corrected chi connectivity index (χ2v) is 9.04. The maximum atomic E-state index is 13.3. The molecule has 2 aliphatic heterocycles. The van der Waals surface area contributed by atoms with Gasteiger partial charge in [-0.15, -0.1) is 0 Å². The molecule has 6 nitrogen and oxygen atoms in total. The van der Waals surface area contributed by atoms with Gasteiger partial charge in [0.15, 0.2) is 5.82 Å². The van der Waals surface area contributed by atoms with Crippen LogP contribution < -0.4 is 4.90 Å². The number of carbonyl (C=O) groups excluding carboxylic acids is 1. The molecule has 1 aromatic carbocycles. The molecule has 8 heteroatoms. The zero-order chi connectivity index (χ0) is 20.5. The smallest absolute Gasteiger partial charge is 0.225 e. The van der Waals surface area contributed by atoms with Crippen molar-refractivity contribution in [3.63, 3.8) is 0 Å². The minimum atomic E-state index is -0.259. The van der Waals surface area contributed by atoms with Gasteiger partial charge in [-0.3, -0.25) is 4.79 Å². The first kappa shape index (κ1) is 19.4. The quantitative estimate of drug-likeness (QED) is 0.644. The van der Waals surface area contributed by atoms with E-state index in [1.165, 1.54) is 12.1 Å². The molecule has 0 radical (unpaired) electrons. The Morgan fingerprint density at radius 2 is 1.80 bits per heavy atom. The lowest BCUT2D eigenvalue weighted by Crippen LogP contribution is -2.45. The lowest BCUT2D eigenvalue weighted by molar-refractivity contribution is -0.135. The minimum Gasteiger partial charge on any atom is -0.355 e. The van der Waals surface area contributed by atoms with Crippen LogP contribution in [0, 0.1) is 11.7 Å². The molecule has 0 spiro atoms. The molecule has 2 aromatic heterocycles.